The van der Waals surface area contributed by atoms with Gasteiger partial charge in [0.15, 0.2) is 0 Å². The second kappa shape index (κ2) is 38.0. The summed E-state index contributed by atoms with van der Waals surface area (Å²) in [5.41, 5.74) is 0. The van der Waals surface area contributed by atoms with Gasteiger partial charge in [0, 0.05) is 6.61 Å². The van der Waals surface area contributed by atoms with E-state index in [1.807, 2.05) is 6.92 Å². The maximum Gasteiger partial charge on any atom is 0.111 e. The van der Waals surface area contributed by atoms with Gasteiger partial charge >= 0.3 is 0 Å². The summed E-state index contributed by atoms with van der Waals surface area (Å²) < 4.78 is 11.3. The summed E-state index contributed by atoms with van der Waals surface area (Å²) in [6.45, 7) is 6.94. The standard InChI is InChI=1S/C42H86O6/c1-4-6-8-10-12-14-16-18-20-21-23-25-27-29-31-33-35-47-36-39(43)41(45)42(46)40(44)37-48-38(3)34-32-30-28-26-24-22-19-17-15-13-11-9-7-5-2/h38-46H,4-37H2,1-3H3. The zero-order valence-corrected chi connectivity index (χ0v) is 32.5. The molecule has 4 N–H and O–H groups in total. The van der Waals surface area contributed by atoms with Crippen molar-refractivity contribution in [1.82, 2.24) is 0 Å². The van der Waals surface area contributed by atoms with Crippen LogP contribution in [0.3, 0.4) is 0 Å². The van der Waals surface area contributed by atoms with E-state index in [9.17, 15) is 20.4 Å². The van der Waals surface area contributed by atoms with E-state index in [1.54, 1.807) is 0 Å². The van der Waals surface area contributed by atoms with Crippen molar-refractivity contribution >= 4 is 0 Å². The molecule has 0 aromatic heterocycles. The third kappa shape index (κ3) is 32.9. The zero-order chi connectivity index (χ0) is 35.3. The summed E-state index contributed by atoms with van der Waals surface area (Å²) in [6, 6.07) is 0. The van der Waals surface area contributed by atoms with Gasteiger partial charge in [-0.2, -0.15) is 0 Å². The van der Waals surface area contributed by atoms with Crippen LogP contribution >= 0.6 is 0 Å². The number of ether oxygens (including phenoxy) is 2. The van der Waals surface area contributed by atoms with Gasteiger partial charge in [-0.05, 0) is 19.8 Å². The molecule has 0 radical (unpaired) electrons. The summed E-state index contributed by atoms with van der Waals surface area (Å²) in [4.78, 5) is 0. The third-order valence-corrected chi connectivity index (χ3v) is 10.1. The molecule has 6 heteroatoms. The first-order valence-electron chi connectivity index (χ1n) is 21.4. The fourth-order valence-corrected chi connectivity index (χ4v) is 6.58. The van der Waals surface area contributed by atoms with Crippen molar-refractivity contribution in [3.05, 3.63) is 0 Å². The highest BCUT2D eigenvalue weighted by Crippen LogP contribution is 2.16. The largest absolute Gasteiger partial charge is 0.388 e. The first-order valence-corrected chi connectivity index (χ1v) is 21.4. The molecule has 0 aliphatic carbocycles. The summed E-state index contributed by atoms with van der Waals surface area (Å²) in [7, 11) is 0. The maximum atomic E-state index is 10.3. The van der Waals surface area contributed by atoms with Crippen LogP contribution < -0.4 is 0 Å². The molecule has 0 saturated carbocycles. The SMILES string of the molecule is CCCCCCCCCCCCCCCCCCOCC(O)C(O)C(O)C(O)COC(C)CCCCCCCCCCCCCCCC. The number of hydrogen-bond acceptors (Lipinski definition) is 6. The lowest BCUT2D eigenvalue weighted by Gasteiger charge is -2.27. The van der Waals surface area contributed by atoms with Gasteiger partial charge in [0.2, 0.25) is 0 Å². The highest BCUT2D eigenvalue weighted by atomic mass is 16.5. The molecule has 0 bridgehead atoms. The van der Waals surface area contributed by atoms with Gasteiger partial charge in [0.05, 0.1) is 19.3 Å². The summed E-state index contributed by atoms with van der Waals surface area (Å²) in [6.07, 6.45) is 35.2. The molecule has 0 spiro atoms. The fraction of sp³-hybridized carbons (Fsp3) is 1.00. The van der Waals surface area contributed by atoms with E-state index in [4.69, 9.17) is 9.47 Å². The van der Waals surface area contributed by atoms with Crippen LogP contribution in [0.5, 0.6) is 0 Å². The number of aliphatic hydroxyl groups is 4. The smallest absolute Gasteiger partial charge is 0.111 e. The number of hydrogen-bond donors (Lipinski definition) is 4. The van der Waals surface area contributed by atoms with Gasteiger partial charge in [-0.25, -0.2) is 0 Å². The van der Waals surface area contributed by atoms with Crippen LogP contribution in [0.15, 0.2) is 0 Å². The molecular weight excluding hydrogens is 600 g/mol. The molecule has 290 valence electrons. The summed E-state index contributed by atoms with van der Waals surface area (Å²) >= 11 is 0. The van der Waals surface area contributed by atoms with E-state index in [-0.39, 0.29) is 19.3 Å². The average Bonchev–Trinajstić information content (AvgIpc) is 3.09. The molecule has 5 atom stereocenters. The minimum atomic E-state index is -1.48. The number of rotatable bonds is 40. The topological polar surface area (TPSA) is 99.4 Å². The van der Waals surface area contributed by atoms with Crippen molar-refractivity contribution in [2.45, 2.75) is 250 Å². The highest BCUT2D eigenvalue weighted by molar-refractivity contribution is 4.81. The molecule has 0 amide bonds. The van der Waals surface area contributed by atoms with Crippen molar-refractivity contribution in [1.29, 1.82) is 0 Å². The molecule has 5 unspecified atom stereocenters. The van der Waals surface area contributed by atoms with Crippen LogP contribution in [0.25, 0.3) is 0 Å². The van der Waals surface area contributed by atoms with E-state index < -0.39 is 24.4 Å². The first kappa shape index (κ1) is 47.8. The van der Waals surface area contributed by atoms with E-state index in [2.05, 4.69) is 13.8 Å². The fourth-order valence-electron chi connectivity index (χ4n) is 6.58. The van der Waals surface area contributed by atoms with Gasteiger partial charge in [0.1, 0.15) is 24.4 Å². The van der Waals surface area contributed by atoms with Crippen LogP contribution in [0.1, 0.15) is 220 Å². The first-order chi connectivity index (χ1) is 23.4. The predicted octanol–water partition coefficient (Wildman–Crippen LogP) is 11.0. The molecular formula is C42H86O6. The van der Waals surface area contributed by atoms with E-state index >= 15 is 0 Å². The van der Waals surface area contributed by atoms with Gasteiger partial charge in [0.25, 0.3) is 0 Å². The Morgan fingerprint density at radius 2 is 0.667 bits per heavy atom. The Morgan fingerprint density at radius 1 is 0.375 bits per heavy atom. The van der Waals surface area contributed by atoms with Crippen LogP contribution in [0.4, 0.5) is 0 Å². The normalized spacial score (nSPS) is 15.1. The van der Waals surface area contributed by atoms with Crippen LogP contribution in [0, 0.1) is 0 Å². The molecule has 0 fully saturated rings. The Labute approximate surface area is 299 Å². The number of aliphatic hydroxyl groups excluding tert-OH is 4. The lowest BCUT2D eigenvalue weighted by atomic mass is 10.0. The second-order valence-electron chi connectivity index (χ2n) is 15.0. The molecule has 0 heterocycles. The monoisotopic (exact) mass is 687 g/mol. The number of unbranched alkanes of at least 4 members (excludes halogenated alkanes) is 28. The lowest BCUT2D eigenvalue weighted by molar-refractivity contribution is -0.138. The Kier molecular flexibility index (Phi) is 37.8. The minimum Gasteiger partial charge on any atom is -0.388 e. The van der Waals surface area contributed by atoms with Gasteiger partial charge in [-0.3, -0.25) is 0 Å². The molecule has 0 aromatic rings. The molecule has 0 aliphatic heterocycles. The van der Waals surface area contributed by atoms with Crippen LogP contribution in [-0.2, 0) is 9.47 Å². The molecule has 0 aliphatic rings. The van der Waals surface area contributed by atoms with Crippen molar-refractivity contribution in [3.63, 3.8) is 0 Å². The lowest BCUT2D eigenvalue weighted by Crippen LogP contribution is -2.47. The Bertz CT molecular complexity index is 605. The summed E-state index contributed by atoms with van der Waals surface area (Å²) in [5.74, 6) is 0. The van der Waals surface area contributed by atoms with Gasteiger partial charge in [-0.1, -0.05) is 200 Å². The molecule has 6 nitrogen and oxygen atoms in total. The Morgan fingerprint density at radius 3 is 1.02 bits per heavy atom. The van der Waals surface area contributed by atoms with Crippen molar-refractivity contribution in [2.24, 2.45) is 0 Å². The third-order valence-electron chi connectivity index (χ3n) is 10.1. The zero-order valence-electron chi connectivity index (χ0n) is 32.5. The van der Waals surface area contributed by atoms with Crippen LogP contribution in [-0.4, -0.2) is 70.8 Å². The Hall–Kier alpha value is -0.240. The Balaban J connectivity index is 3.59. The summed E-state index contributed by atoms with van der Waals surface area (Å²) in [5, 5.41) is 41.2. The second-order valence-corrected chi connectivity index (χ2v) is 15.0. The molecule has 0 rings (SSSR count). The quantitative estimate of drug-likeness (QED) is 0.0479. The maximum absolute atomic E-state index is 10.3. The van der Waals surface area contributed by atoms with Gasteiger partial charge in [-0.15, -0.1) is 0 Å². The van der Waals surface area contributed by atoms with E-state index in [0.29, 0.717) is 6.61 Å². The van der Waals surface area contributed by atoms with Gasteiger partial charge < -0.3 is 29.9 Å². The van der Waals surface area contributed by atoms with Crippen LogP contribution in [0.2, 0.25) is 0 Å². The van der Waals surface area contributed by atoms with E-state index in [1.165, 1.54) is 173 Å². The average molecular weight is 687 g/mol. The highest BCUT2D eigenvalue weighted by Gasteiger charge is 2.30. The van der Waals surface area contributed by atoms with Crippen molar-refractivity contribution in [3.8, 4) is 0 Å². The van der Waals surface area contributed by atoms with E-state index in [0.717, 1.165) is 25.7 Å². The van der Waals surface area contributed by atoms with Crippen molar-refractivity contribution < 1.29 is 29.9 Å². The molecule has 0 saturated heterocycles. The molecule has 48 heavy (non-hydrogen) atoms. The van der Waals surface area contributed by atoms with Crippen molar-refractivity contribution in [2.75, 3.05) is 19.8 Å². The predicted molar refractivity (Wildman–Crippen MR) is 205 cm³/mol. The minimum absolute atomic E-state index is 0.0192. The molecule has 0 aromatic carbocycles.